The van der Waals surface area contributed by atoms with Crippen LogP contribution in [0.25, 0.3) is 0 Å². The molecule has 1 aliphatic rings. The van der Waals surface area contributed by atoms with E-state index >= 15 is 0 Å². The summed E-state index contributed by atoms with van der Waals surface area (Å²) < 4.78 is 52.8. The third-order valence-corrected chi connectivity index (χ3v) is 6.60. The van der Waals surface area contributed by atoms with E-state index in [0.29, 0.717) is 19.0 Å². The van der Waals surface area contributed by atoms with E-state index in [1.165, 1.54) is 6.07 Å². The average molecular weight is 439 g/mol. The first-order valence-electron chi connectivity index (χ1n) is 9.69. The molecule has 30 heavy (non-hydrogen) atoms. The number of hydrogen-bond donors (Lipinski definition) is 1. The Bertz CT molecular complexity index is 1030. The van der Waals surface area contributed by atoms with Crippen molar-refractivity contribution < 1.29 is 22.1 Å². The number of benzene rings is 2. The molecule has 1 aliphatic heterocycles. The van der Waals surface area contributed by atoms with Gasteiger partial charge in [-0.05, 0) is 55.1 Å². The van der Waals surface area contributed by atoms with Gasteiger partial charge in [0, 0.05) is 31.8 Å². The highest BCUT2D eigenvalue weighted by Crippen LogP contribution is 2.24. The topological polar surface area (TPSA) is 92.6 Å². The van der Waals surface area contributed by atoms with E-state index in [2.05, 4.69) is 9.62 Å². The summed E-state index contributed by atoms with van der Waals surface area (Å²) in [5, 5.41) is 10.9. The molecule has 7 nitrogen and oxygen atoms in total. The molecule has 0 atom stereocenters. The summed E-state index contributed by atoms with van der Waals surface area (Å²) in [4.78, 5) is 12.5. The fourth-order valence-corrected chi connectivity index (χ4v) is 4.56. The van der Waals surface area contributed by atoms with Gasteiger partial charge in [0.25, 0.3) is 5.69 Å². The molecule has 10 heteroatoms. The number of nitro groups is 1. The summed E-state index contributed by atoms with van der Waals surface area (Å²) in [6, 6.07) is 7.47. The SMILES string of the molecule is O=[N+]([O-])c1ccc2c(c1)CN(CCCCCNS(=O)(=O)c1ccc(F)c(F)c1)CC2. The van der Waals surface area contributed by atoms with Crippen molar-refractivity contribution >= 4 is 15.7 Å². The monoisotopic (exact) mass is 439 g/mol. The summed E-state index contributed by atoms with van der Waals surface area (Å²) in [7, 11) is -3.87. The highest BCUT2D eigenvalue weighted by Gasteiger charge is 2.19. The highest BCUT2D eigenvalue weighted by molar-refractivity contribution is 7.89. The minimum atomic E-state index is -3.87. The summed E-state index contributed by atoms with van der Waals surface area (Å²) in [5.41, 5.74) is 2.22. The van der Waals surface area contributed by atoms with Crippen LogP contribution in [0.15, 0.2) is 41.3 Å². The zero-order valence-corrected chi connectivity index (χ0v) is 17.1. The Morgan fingerprint density at radius 2 is 1.83 bits per heavy atom. The lowest BCUT2D eigenvalue weighted by atomic mass is 9.99. The molecule has 0 spiro atoms. The van der Waals surface area contributed by atoms with Gasteiger partial charge in [-0.3, -0.25) is 15.0 Å². The second-order valence-corrected chi connectivity index (χ2v) is 9.04. The van der Waals surface area contributed by atoms with Crippen LogP contribution < -0.4 is 4.72 Å². The predicted molar refractivity (Wildman–Crippen MR) is 107 cm³/mol. The van der Waals surface area contributed by atoms with E-state index in [1.54, 1.807) is 6.07 Å². The molecule has 0 aromatic heterocycles. The molecular formula is C20H23F2N3O4S. The van der Waals surface area contributed by atoms with Crippen molar-refractivity contribution in [3.8, 4) is 0 Å². The van der Waals surface area contributed by atoms with Crippen LogP contribution >= 0.6 is 0 Å². The van der Waals surface area contributed by atoms with Crippen LogP contribution in [0.1, 0.15) is 30.4 Å². The first kappa shape index (κ1) is 22.3. The molecule has 0 bridgehead atoms. The lowest BCUT2D eigenvalue weighted by Crippen LogP contribution is -2.31. The van der Waals surface area contributed by atoms with Crippen LogP contribution in [-0.4, -0.2) is 37.9 Å². The lowest BCUT2D eigenvalue weighted by molar-refractivity contribution is -0.385. The zero-order valence-electron chi connectivity index (χ0n) is 16.3. The molecule has 0 unspecified atom stereocenters. The molecule has 1 heterocycles. The Morgan fingerprint density at radius 3 is 2.57 bits per heavy atom. The molecule has 0 amide bonds. The number of hydrogen-bond acceptors (Lipinski definition) is 5. The number of unbranched alkanes of at least 4 members (excludes halogenated alkanes) is 2. The van der Waals surface area contributed by atoms with Gasteiger partial charge < -0.3 is 0 Å². The first-order chi connectivity index (χ1) is 14.3. The zero-order chi connectivity index (χ0) is 21.7. The molecule has 162 valence electrons. The number of nitrogens with one attached hydrogen (secondary N) is 1. The number of non-ortho nitro benzene ring substituents is 1. The molecule has 0 fully saturated rings. The molecular weight excluding hydrogens is 416 g/mol. The minimum Gasteiger partial charge on any atom is -0.299 e. The van der Waals surface area contributed by atoms with Crippen molar-refractivity contribution in [3.63, 3.8) is 0 Å². The third kappa shape index (κ3) is 5.59. The Hall–Kier alpha value is -2.43. The van der Waals surface area contributed by atoms with Gasteiger partial charge in [-0.15, -0.1) is 0 Å². The molecule has 3 rings (SSSR count). The summed E-state index contributed by atoms with van der Waals surface area (Å²) in [5.74, 6) is -2.30. The van der Waals surface area contributed by atoms with Crippen LogP contribution in [0.2, 0.25) is 0 Å². The second kappa shape index (κ2) is 9.59. The van der Waals surface area contributed by atoms with Crippen LogP contribution in [0, 0.1) is 21.7 Å². The fourth-order valence-electron chi connectivity index (χ4n) is 3.48. The predicted octanol–water partition coefficient (Wildman–Crippen LogP) is 3.38. The smallest absolute Gasteiger partial charge is 0.269 e. The van der Waals surface area contributed by atoms with Crippen molar-refractivity contribution in [1.29, 1.82) is 0 Å². The number of halogens is 2. The Balaban J connectivity index is 1.40. The van der Waals surface area contributed by atoms with E-state index in [9.17, 15) is 27.3 Å². The van der Waals surface area contributed by atoms with Gasteiger partial charge in [-0.25, -0.2) is 21.9 Å². The van der Waals surface area contributed by atoms with Crippen molar-refractivity contribution in [2.75, 3.05) is 19.6 Å². The number of fused-ring (bicyclic) bond motifs is 1. The van der Waals surface area contributed by atoms with Crippen LogP contribution in [0.4, 0.5) is 14.5 Å². The lowest BCUT2D eigenvalue weighted by Gasteiger charge is -2.28. The summed E-state index contributed by atoms with van der Waals surface area (Å²) in [6.07, 6.45) is 3.11. The third-order valence-electron chi connectivity index (χ3n) is 5.14. The largest absolute Gasteiger partial charge is 0.299 e. The fraction of sp³-hybridized carbons (Fsp3) is 0.400. The molecule has 0 saturated heterocycles. The van der Waals surface area contributed by atoms with E-state index < -0.39 is 21.7 Å². The maximum atomic E-state index is 13.2. The van der Waals surface area contributed by atoms with Crippen LogP contribution in [0.3, 0.4) is 0 Å². The average Bonchev–Trinajstić information content (AvgIpc) is 2.71. The van der Waals surface area contributed by atoms with Gasteiger partial charge in [-0.2, -0.15) is 0 Å². The minimum absolute atomic E-state index is 0.101. The Morgan fingerprint density at radius 1 is 1.03 bits per heavy atom. The number of rotatable bonds is 9. The van der Waals surface area contributed by atoms with Gasteiger partial charge in [0.2, 0.25) is 10.0 Å². The Kier molecular flexibility index (Phi) is 7.11. The van der Waals surface area contributed by atoms with Gasteiger partial charge >= 0.3 is 0 Å². The van der Waals surface area contributed by atoms with Gasteiger partial charge in [0.05, 0.1) is 9.82 Å². The first-order valence-corrected chi connectivity index (χ1v) is 11.2. The molecule has 1 N–H and O–H groups in total. The van der Waals surface area contributed by atoms with Gasteiger partial charge in [0.1, 0.15) is 0 Å². The standard InChI is InChI=1S/C20H23F2N3O4S/c21-19-7-6-18(13-20(19)22)30(28,29)23-9-2-1-3-10-24-11-8-15-4-5-17(25(26)27)12-16(15)14-24/h4-7,12-13,23H,1-3,8-11,14H2. The number of nitrogens with zero attached hydrogens (tertiary/aromatic N) is 2. The maximum absolute atomic E-state index is 13.2. The summed E-state index contributed by atoms with van der Waals surface area (Å²) in [6.45, 7) is 2.57. The van der Waals surface area contributed by atoms with Crippen molar-refractivity contribution in [2.24, 2.45) is 0 Å². The highest BCUT2D eigenvalue weighted by atomic mass is 32.2. The molecule has 0 saturated carbocycles. The van der Waals surface area contributed by atoms with E-state index in [1.807, 2.05) is 6.07 Å². The number of nitro benzene ring substituents is 1. The summed E-state index contributed by atoms with van der Waals surface area (Å²) >= 11 is 0. The van der Waals surface area contributed by atoms with Crippen molar-refractivity contribution in [3.05, 3.63) is 69.3 Å². The van der Waals surface area contributed by atoms with E-state index in [4.69, 9.17) is 0 Å². The molecule has 0 radical (unpaired) electrons. The van der Waals surface area contributed by atoms with Gasteiger partial charge in [0.15, 0.2) is 11.6 Å². The van der Waals surface area contributed by atoms with Gasteiger partial charge in [-0.1, -0.05) is 12.5 Å². The van der Waals surface area contributed by atoms with Crippen LogP contribution in [-0.2, 0) is 23.0 Å². The van der Waals surface area contributed by atoms with Crippen molar-refractivity contribution in [2.45, 2.75) is 37.1 Å². The maximum Gasteiger partial charge on any atom is 0.269 e. The van der Waals surface area contributed by atoms with Crippen molar-refractivity contribution in [1.82, 2.24) is 9.62 Å². The quantitative estimate of drug-likeness (QED) is 0.367. The molecule has 2 aromatic rings. The Labute approximate surface area is 173 Å². The number of sulfonamides is 1. The normalized spacial score (nSPS) is 14.5. The van der Waals surface area contributed by atoms with Crippen LogP contribution in [0.5, 0.6) is 0 Å². The molecule has 0 aliphatic carbocycles. The van der Waals surface area contributed by atoms with E-state index in [0.717, 1.165) is 55.6 Å². The second-order valence-electron chi connectivity index (χ2n) is 7.27. The molecule has 2 aromatic carbocycles. The van der Waals surface area contributed by atoms with E-state index in [-0.39, 0.29) is 22.1 Å².